The number of nitrogens with zero attached hydrogens (tertiary/aromatic N) is 1. The van der Waals surface area contributed by atoms with Gasteiger partial charge in [0.1, 0.15) is 0 Å². The molecule has 1 unspecified atom stereocenters. The monoisotopic (exact) mass is 244 g/mol. The fourth-order valence-electron chi connectivity index (χ4n) is 1.11. The zero-order chi connectivity index (χ0) is 9.84. The highest BCUT2D eigenvalue weighted by Crippen LogP contribution is 2.24. The van der Waals surface area contributed by atoms with Crippen LogP contribution in [0.1, 0.15) is 25.5 Å². The summed E-state index contributed by atoms with van der Waals surface area (Å²) < 4.78 is 0.634. The first kappa shape index (κ1) is 10.5. The van der Waals surface area contributed by atoms with Crippen molar-refractivity contribution in [3.05, 3.63) is 22.3 Å². The van der Waals surface area contributed by atoms with Crippen LogP contribution in [-0.4, -0.2) is 16.6 Å². The predicted molar refractivity (Wildman–Crippen MR) is 55.7 cm³/mol. The van der Waals surface area contributed by atoms with Gasteiger partial charge in [-0.15, -0.1) is 0 Å². The molecule has 0 aromatic carbocycles. The Bertz CT molecular complexity index is 291. The molecule has 0 aliphatic rings. The van der Waals surface area contributed by atoms with Crippen molar-refractivity contribution in [2.45, 2.75) is 19.9 Å². The molecule has 1 aromatic heterocycles. The summed E-state index contributed by atoms with van der Waals surface area (Å²) in [5.74, 6) is 0.0347. The van der Waals surface area contributed by atoms with Crippen molar-refractivity contribution in [3.8, 4) is 5.88 Å². The summed E-state index contributed by atoms with van der Waals surface area (Å²) in [5, 5.41) is 12.4. The van der Waals surface area contributed by atoms with Crippen molar-refractivity contribution in [2.24, 2.45) is 0 Å². The lowest BCUT2D eigenvalue weighted by Crippen LogP contribution is -2.17. The minimum absolute atomic E-state index is 0.0347. The van der Waals surface area contributed by atoms with Crippen LogP contribution in [0.3, 0.4) is 0 Å². The van der Waals surface area contributed by atoms with Crippen LogP contribution in [0.2, 0.25) is 0 Å². The first-order chi connectivity index (χ1) is 6.15. The van der Waals surface area contributed by atoms with Crippen LogP contribution in [0.4, 0.5) is 0 Å². The van der Waals surface area contributed by atoms with E-state index in [1.807, 2.05) is 6.07 Å². The van der Waals surface area contributed by atoms with Gasteiger partial charge >= 0.3 is 0 Å². The maximum Gasteiger partial charge on any atom is 0.225 e. The Kier molecular flexibility index (Phi) is 3.69. The van der Waals surface area contributed by atoms with Crippen molar-refractivity contribution in [1.82, 2.24) is 10.3 Å². The molecule has 2 N–H and O–H groups in total. The highest BCUT2D eigenvalue weighted by molar-refractivity contribution is 9.10. The molecule has 4 heteroatoms. The second-order valence-electron chi connectivity index (χ2n) is 2.85. The van der Waals surface area contributed by atoms with Crippen molar-refractivity contribution < 1.29 is 5.11 Å². The summed E-state index contributed by atoms with van der Waals surface area (Å²) >= 11 is 3.23. The molecule has 0 bridgehead atoms. The average molecular weight is 245 g/mol. The maximum absolute atomic E-state index is 9.18. The predicted octanol–water partition coefficient (Wildman–Crippen LogP) is 2.22. The summed E-state index contributed by atoms with van der Waals surface area (Å²) in [7, 11) is 0. The van der Waals surface area contributed by atoms with Crippen LogP contribution in [-0.2, 0) is 0 Å². The van der Waals surface area contributed by atoms with E-state index in [0.29, 0.717) is 4.47 Å². The number of halogens is 1. The topological polar surface area (TPSA) is 45.2 Å². The van der Waals surface area contributed by atoms with Gasteiger partial charge in [-0.05, 0) is 41.0 Å². The number of pyridine rings is 1. The molecule has 0 spiro atoms. The standard InChI is InChI=1S/C9H13BrN2O/c1-3-11-6(2)7-4-8(10)9(13)12-5-7/h4-6,11H,3H2,1-2H3,(H,12,13). The van der Waals surface area contributed by atoms with E-state index in [1.54, 1.807) is 6.20 Å². The molecule has 3 nitrogen and oxygen atoms in total. The molecule has 0 saturated heterocycles. The van der Waals surface area contributed by atoms with Gasteiger partial charge in [0.05, 0.1) is 4.47 Å². The Morgan fingerprint density at radius 1 is 1.69 bits per heavy atom. The lowest BCUT2D eigenvalue weighted by molar-refractivity contribution is 0.448. The number of hydrogen-bond acceptors (Lipinski definition) is 3. The lowest BCUT2D eigenvalue weighted by atomic mass is 10.1. The molecule has 1 atom stereocenters. The van der Waals surface area contributed by atoms with Gasteiger partial charge in [-0.3, -0.25) is 0 Å². The molecule has 0 saturated carbocycles. The molecule has 0 fully saturated rings. The van der Waals surface area contributed by atoms with Crippen LogP contribution < -0.4 is 5.32 Å². The Hall–Kier alpha value is -0.610. The van der Waals surface area contributed by atoms with Gasteiger partial charge in [0, 0.05) is 12.2 Å². The quantitative estimate of drug-likeness (QED) is 0.858. The van der Waals surface area contributed by atoms with Crippen LogP contribution in [0.5, 0.6) is 5.88 Å². The van der Waals surface area contributed by atoms with Crippen molar-refractivity contribution >= 4 is 15.9 Å². The number of aromatic nitrogens is 1. The summed E-state index contributed by atoms with van der Waals surface area (Å²) in [6.07, 6.45) is 1.67. The number of rotatable bonds is 3. The third-order valence-corrected chi connectivity index (χ3v) is 2.44. The zero-order valence-electron chi connectivity index (χ0n) is 7.71. The van der Waals surface area contributed by atoms with E-state index in [1.165, 1.54) is 0 Å². The van der Waals surface area contributed by atoms with Gasteiger partial charge < -0.3 is 10.4 Å². The van der Waals surface area contributed by atoms with Gasteiger partial charge in [0.2, 0.25) is 5.88 Å². The molecular weight excluding hydrogens is 232 g/mol. The Morgan fingerprint density at radius 3 is 2.92 bits per heavy atom. The molecule has 0 aliphatic heterocycles. The molecule has 1 heterocycles. The van der Waals surface area contributed by atoms with Crippen molar-refractivity contribution in [3.63, 3.8) is 0 Å². The number of nitrogens with one attached hydrogen (secondary N) is 1. The van der Waals surface area contributed by atoms with E-state index in [4.69, 9.17) is 0 Å². The molecule has 13 heavy (non-hydrogen) atoms. The molecule has 0 aliphatic carbocycles. The van der Waals surface area contributed by atoms with Gasteiger partial charge in [0.25, 0.3) is 0 Å². The Balaban J connectivity index is 2.84. The Labute approximate surface area is 86.3 Å². The molecule has 0 amide bonds. The van der Waals surface area contributed by atoms with Crippen molar-refractivity contribution in [2.75, 3.05) is 6.54 Å². The Morgan fingerprint density at radius 2 is 2.38 bits per heavy atom. The van der Waals surface area contributed by atoms with E-state index < -0.39 is 0 Å². The highest BCUT2D eigenvalue weighted by atomic mass is 79.9. The summed E-state index contributed by atoms with van der Waals surface area (Å²) in [6.45, 7) is 5.03. The zero-order valence-corrected chi connectivity index (χ0v) is 9.30. The minimum Gasteiger partial charge on any atom is -0.492 e. The van der Waals surface area contributed by atoms with E-state index in [2.05, 4.69) is 40.1 Å². The van der Waals surface area contributed by atoms with E-state index in [9.17, 15) is 5.11 Å². The lowest BCUT2D eigenvalue weighted by Gasteiger charge is -2.12. The van der Waals surface area contributed by atoms with Gasteiger partial charge in [-0.25, -0.2) is 4.98 Å². The van der Waals surface area contributed by atoms with Gasteiger partial charge in [-0.1, -0.05) is 6.92 Å². The third kappa shape index (κ3) is 2.67. The first-order valence-corrected chi connectivity index (χ1v) is 5.02. The molecular formula is C9H13BrN2O. The summed E-state index contributed by atoms with van der Waals surface area (Å²) in [5.41, 5.74) is 1.06. The van der Waals surface area contributed by atoms with Gasteiger partial charge in [0.15, 0.2) is 0 Å². The second-order valence-corrected chi connectivity index (χ2v) is 3.71. The highest BCUT2D eigenvalue weighted by Gasteiger charge is 2.06. The summed E-state index contributed by atoms with van der Waals surface area (Å²) in [4.78, 5) is 3.85. The van der Waals surface area contributed by atoms with Gasteiger partial charge in [-0.2, -0.15) is 0 Å². The molecule has 1 rings (SSSR count). The second kappa shape index (κ2) is 4.58. The number of hydrogen-bond donors (Lipinski definition) is 2. The SMILES string of the molecule is CCNC(C)c1cnc(O)c(Br)c1. The van der Waals surface area contributed by atoms with E-state index in [-0.39, 0.29) is 11.9 Å². The normalized spacial score (nSPS) is 12.8. The van der Waals surface area contributed by atoms with Crippen LogP contribution in [0.15, 0.2) is 16.7 Å². The van der Waals surface area contributed by atoms with Crippen molar-refractivity contribution in [1.29, 1.82) is 0 Å². The minimum atomic E-state index is 0.0347. The van der Waals surface area contributed by atoms with Crippen LogP contribution in [0, 0.1) is 0 Å². The first-order valence-electron chi connectivity index (χ1n) is 4.23. The largest absolute Gasteiger partial charge is 0.492 e. The molecule has 0 radical (unpaired) electrons. The van der Waals surface area contributed by atoms with E-state index >= 15 is 0 Å². The van der Waals surface area contributed by atoms with Crippen LogP contribution in [0.25, 0.3) is 0 Å². The third-order valence-electron chi connectivity index (χ3n) is 1.85. The maximum atomic E-state index is 9.18. The van der Waals surface area contributed by atoms with Crippen LogP contribution >= 0.6 is 15.9 Å². The average Bonchev–Trinajstić information content (AvgIpc) is 2.10. The van der Waals surface area contributed by atoms with E-state index in [0.717, 1.165) is 12.1 Å². The summed E-state index contributed by atoms with van der Waals surface area (Å²) in [6, 6.07) is 2.13. The number of aromatic hydroxyl groups is 1. The molecule has 72 valence electrons. The fourth-order valence-corrected chi connectivity index (χ4v) is 1.47. The molecule has 1 aromatic rings. The fraction of sp³-hybridized carbons (Fsp3) is 0.444. The smallest absolute Gasteiger partial charge is 0.225 e.